The van der Waals surface area contributed by atoms with E-state index in [4.69, 9.17) is 10.8 Å². The van der Waals surface area contributed by atoms with E-state index in [0.717, 1.165) is 0 Å². The van der Waals surface area contributed by atoms with Crippen LogP contribution in [-0.2, 0) is 9.59 Å². The van der Waals surface area contributed by atoms with Gasteiger partial charge in [-0.05, 0) is 32.6 Å². The van der Waals surface area contributed by atoms with Crippen LogP contribution in [0.15, 0.2) is 0 Å². The number of nitrogens with two attached hydrogens (primary N) is 1. The number of urea groups is 1. The van der Waals surface area contributed by atoms with Crippen LogP contribution in [0.25, 0.3) is 0 Å². The van der Waals surface area contributed by atoms with Gasteiger partial charge >= 0.3 is 12.0 Å². The van der Waals surface area contributed by atoms with Crippen LogP contribution in [-0.4, -0.2) is 47.0 Å². The molecule has 0 spiro atoms. The molecule has 0 aromatic rings. The number of primary amides is 1. The van der Waals surface area contributed by atoms with E-state index < -0.39 is 11.4 Å². The van der Waals surface area contributed by atoms with Crippen LogP contribution in [0, 0.1) is 11.3 Å². The van der Waals surface area contributed by atoms with Gasteiger partial charge < -0.3 is 21.1 Å². The van der Waals surface area contributed by atoms with Crippen molar-refractivity contribution in [1.82, 2.24) is 10.2 Å². The van der Waals surface area contributed by atoms with E-state index in [2.05, 4.69) is 5.32 Å². The average molecular weight is 283 g/mol. The minimum absolute atomic E-state index is 0.0935. The van der Waals surface area contributed by atoms with Gasteiger partial charge in [-0.1, -0.05) is 0 Å². The molecule has 0 aromatic heterocycles. The lowest BCUT2D eigenvalue weighted by Gasteiger charge is -2.23. The third kappa shape index (κ3) is 2.86. The van der Waals surface area contributed by atoms with Crippen LogP contribution < -0.4 is 11.1 Å². The summed E-state index contributed by atoms with van der Waals surface area (Å²) in [5.74, 6) is -1.56. The number of nitrogens with zero attached hydrogens (tertiary/aromatic N) is 1. The highest BCUT2D eigenvalue weighted by molar-refractivity contribution is 5.83. The number of rotatable bonds is 3. The lowest BCUT2D eigenvalue weighted by atomic mass is 9.89. The van der Waals surface area contributed by atoms with Crippen molar-refractivity contribution in [3.05, 3.63) is 0 Å². The maximum atomic E-state index is 12.1. The molecule has 4 N–H and O–H groups in total. The molecule has 3 amide bonds. The van der Waals surface area contributed by atoms with Crippen molar-refractivity contribution in [3.8, 4) is 0 Å². The third-order valence-corrected chi connectivity index (χ3v) is 4.46. The van der Waals surface area contributed by atoms with Crippen molar-refractivity contribution in [2.45, 2.75) is 38.6 Å². The topological polar surface area (TPSA) is 113 Å². The highest BCUT2D eigenvalue weighted by Crippen LogP contribution is 2.30. The van der Waals surface area contributed by atoms with E-state index in [0.29, 0.717) is 38.8 Å². The van der Waals surface area contributed by atoms with Crippen molar-refractivity contribution < 1.29 is 19.5 Å². The monoisotopic (exact) mass is 283 g/mol. The summed E-state index contributed by atoms with van der Waals surface area (Å²) in [7, 11) is 0. The van der Waals surface area contributed by atoms with Gasteiger partial charge in [0.05, 0.1) is 11.3 Å². The zero-order chi connectivity index (χ0) is 14.9. The highest BCUT2D eigenvalue weighted by Gasteiger charge is 2.41. The Bertz CT molecular complexity index is 439. The van der Waals surface area contributed by atoms with Crippen molar-refractivity contribution in [3.63, 3.8) is 0 Å². The summed E-state index contributed by atoms with van der Waals surface area (Å²) in [5.41, 5.74) is 4.69. The average Bonchev–Trinajstić information content (AvgIpc) is 2.97. The van der Waals surface area contributed by atoms with E-state index in [1.54, 1.807) is 11.8 Å². The standard InChI is InChI=1S/C13H21N3O4/c1-13(11(14)19)4-5-16(7-13)12(20)15-9-3-2-8(6-9)10(17)18/h8-9H,2-7H2,1H3,(H2,14,19)(H,15,20)(H,17,18)/t8-,9+,13?/m1/s1. The van der Waals surface area contributed by atoms with Crippen LogP contribution in [0.1, 0.15) is 32.6 Å². The van der Waals surface area contributed by atoms with Crippen molar-refractivity contribution in [1.29, 1.82) is 0 Å². The second kappa shape index (κ2) is 5.30. The Labute approximate surface area is 117 Å². The largest absolute Gasteiger partial charge is 0.481 e. The molecule has 0 radical (unpaired) electrons. The molecule has 1 heterocycles. The molecule has 2 rings (SSSR count). The molecule has 3 atom stereocenters. The van der Waals surface area contributed by atoms with Gasteiger partial charge in [-0.2, -0.15) is 0 Å². The van der Waals surface area contributed by atoms with Crippen LogP contribution in [0.3, 0.4) is 0 Å². The third-order valence-electron chi connectivity index (χ3n) is 4.46. The van der Waals surface area contributed by atoms with Gasteiger partial charge in [0.2, 0.25) is 5.91 Å². The summed E-state index contributed by atoms with van der Waals surface area (Å²) in [6, 6.07) is -0.324. The summed E-state index contributed by atoms with van der Waals surface area (Å²) in [6.45, 7) is 2.59. The second-order valence-electron chi connectivity index (χ2n) is 6.09. The molecule has 1 unspecified atom stereocenters. The smallest absolute Gasteiger partial charge is 0.317 e. The normalized spacial score (nSPS) is 33.1. The van der Waals surface area contributed by atoms with Crippen LogP contribution in [0.2, 0.25) is 0 Å². The van der Waals surface area contributed by atoms with Gasteiger partial charge in [-0.25, -0.2) is 4.79 Å². The number of amides is 3. The number of aliphatic carboxylic acids is 1. The fourth-order valence-corrected chi connectivity index (χ4v) is 2.94. The molecule has 0 bridgehead atoms. The lowest BCUT2D eigenvalue weighted by Crippen LogP contribution is -2.45. The van der Waals surface area contributed by atoms with Crippen molar-refractivity contribution in [2.24, 2.45) is 17.1 Å². The molecule has 7 heteroatoms. The summed E-state index contributed by atoms with van der Waals surface area (Å²) >= 11 is 0. The first-order valence-corrected chi connectivity index (χ1v) is 6.90. The van der Waals surface area contributed by atoms with E-state index in [-0.39, 0.29) is 23.9 Å². The van der Waals surface area contributed by atoms with Gasteiger partial charge in [-0.3, -0.25) is 9.59 Å². The Morgan fingerprint density at radius 3 is 2.55 bits per heavy atom. The van der Waals surface area contributed by atoms with Crippen LogP contribution >= 0.6 is 0 Å². The highest BCUT2D eigenvalue weighted by atomic mass is 16.4. The van der Waals surface area contributed by atoms with E-state index in [9.17, 15) is 14.4 Å². The van der Waals surface area contributed by atoms with Crippen LogP contribution in [0.5, 0.6) is 0 Å². The number of carboxylic acids is 1. The predicted octanol–water partition coefficient (Wildman–Crippen LogP) is 0.147. The molecule has 2 fully saturated rings. The molecule has 112 valence electrons. The minimum atomic E-state index is -0.802. The first-order chi connectivity index (χ1) is 9.32. The zero-order valence-corrected chi connectivity index (χ0v) is 11.6. The Morgan fingerprint density at radius 1 is 1.35 bits per heavy atom. The predicted molar refractivity (Wildman–Crippen MR) is 70.8 cm³/mol. The number of likely N-dealkylation sites (tertiary alicyclic amines) is 1. The number of hydrogen-bond acceptors (Lipinski definition) is 3. The van der Waals surface area contributed by atoms with Crippen molar-refractivity contribution >= 4 is 17.9 Å². The Morgan fingerprint density at radius 2 is 2.05 bits per heavy atom. The quantitative estimate of drug-likeness (QED) is 0.684. The number of nitrogens with one attached hydrogen (secondary N) is 1. The molecule has 1 aliphatic heterocycles. The molecule has 0 aromatic carbocycles. The first-order valence-electron chi connectivity index (χ1n) is 6.90. The summed E-state index contributed by atoms with van der Waals surface area (Å²) in [6.07, 6.45) is 2.32. The van der Waals surface area contributed by atoms with E-state index in [1.165, 1.54) is 0 Å². The Balaban J connectivity index is 1.85. The van der Waals surface area contributed by atoms with E-state index in [1.807, 2.05) is 0 Å². The summed E-state index contributed by atoms with van der Waals surface area (Å²) in [4.78, 5) is 35.9. The fourth-order valence-electron chi connectivity index (χ4n) is 2.94. The molecule has 1 saturated carbocycles. The van der Waals surface area contributed by atoms with Gasteiger partial charge in [0.25, 0.3) is 0 Å². The molecule has 7 nitrogen and oxygen atoms in total. The van der Waals surface area contributed by atoms with Gasteiger partial charge in [0.15, 0.2) is 0 Å². The maximum Gasteiger partial charge on any atom is 0.317 e. The van der Waals surface area contributed by atoms with Gasteiger partial charge in [0, 0.05) is 19.1 Å². The SMILES string of the molecule is CC1(C(N)=O)CCN(C(=O)N[C@H]2CC[C@@H](C(=O)O)C2)C1. The van der Waals surface area contributed by atoms with Crippen LogP contribution in [0.4, 0.5) is 4.79 Å². The zero-order valence-electron chi connectivity index (χ0n) is 11.6. The summed E-state index contributed by atoms with van der Waals surface area (Å²) < 4.78 is 0. The molecular formula is C13H21N3O4. The fraction of sp³-hybridized carbons (Fsp3) is 0.769. The lowest BCUT2D eigenvalue weighted by molar-refractivity contribution is -0.141. The number of carboxylic acid groups (broad SMARTS) is 1. The molecule has 2 aliphatic rings. The Hall–Kier alpha value is -1.79. The molecular weight excluding hydrogens is 262 g/mol. The molecule has 1 saturated heterocycles. The molecule has 1 aliphatic carbocycles. The van der Waals surface area contributed by atoms with Crippen molar-refractivity contribution in [2.75, 3.05) is 13.1 Å². The number of carbonyl (C=O) groups excluding carboxylic acids is 2. The number of carbonyl (C=O) groups is 3. The minimum Gasteiger partial charge on any atom is -0.481 e. The molecule has 20 heavy (non-hydrogen) atoms. The Kier molecular flexibility index (Phi) is 3.87. The maximum absolute atomic E-state index is 12.1. The first kappa shape index (κ1) is 14.6. The van der Waals surface area contributed by atoms with E-state index >= 15 is 0 Å². The second-order valence-corrected chi connectivity index (χ2v) is 6.09. The van der Waals surface area contributed by atoms with Gasteiger partial charge in [0.1, 0.15) is 0 Å². The van der Waals surface area contributed by atoms with Gasteiger partial charge in [-0.15, -0.1) is 0 Å². The number of hydrogen-bond donors (Lipinski definition) is 3. The summed E-state index contributed by atoms with van der Waals surface area (Å²) in [5, 5.41) is 11.8.